The maximum Gasteiger partial charge on any atom is 0.268 e. The van der Waals surface area contributed by atoms with Crippen molar-refractivity contribution in [2.24, 2.45) is 0 Å². The Hall–Kier alpha value is -1.61. The Labute approximate surface area is 113 Å². The molecule has 19 heavy (non-hydrogen) atoms. The largest absolute Gasteiger partial charge is 0.314 e. The second-order valence-corrected chi connectivity index (χ2v) is 7.43. The maximum absolute atomic E-state index is 11.9. The van der Waals surface area contributed by atoms with Crippen LogP contribution in [0.2, 0.25) is 0 Å². The van der Waals surface area contributed by atoms with E-state index in [2.05, 4.69) is 0 Å². The summed E-state index contributed by atoms with van der Waals surface area (Å²) in [5, 5.41) is 8.49. The van der Waals surface area contributed by atoms with Crippen molar-refractivity contribution < 1.29 is 8.42 Å². The Morgan fingerprint density at radius 2 is 2.05 bits per heavy atom. The molecule has 0 unspecified atom stereocenters. The zero-order valence-corrected chi connectivity index (χ0v) is 12.2. The molecule has 1 aromatic heterocycles. The number of aryl methyl sites for hydroxylation is 2. The number of rotatable bonds is 5. The molecule has 1 rings (SSSR count). The summed E-state index contributed by atoms with van der Waals surface area (Å²) in [5.74, 6) is 0.0485. The van der Waals surface area contributed by atoms with Crippen molar-refractivity contribution >= 4 is 9.84 Å². The van der Waals surface area contributed by atoms with Gasteiger partial charge in [-0.2, -0.15) is 5.26 Å². The van der Waals surface area contributed by atoms with Gasteiger partial charge in [0.2, 0.25) is 0 Å². The molecule has 0 atom stereocenters. The molecule has 104 valence electrons. The highest BCUT2D eigenvalue weighted by Gasteiger charge is 2.15. The lowest BCUT2D eigenvalue weighted by Crippen LogP contribution is -2.25. The summed E-state index contributed by atoms with van der Waals surface area (Å²) in [7, 11) is -3.09. The average molecular weight is 282 g/mol. The van der Waals surface area contributed by atoms with Crippen molar-refractivity contribution in [3.05, 3.63) is 33.7 Å². The van der Waals surface area contributed by atoms with Crippen LogP contribution in [0.3, 0.4) is 0 Å². The first-order valence-electron chi connectivity index (χ1n) is 6.11. The molecule has 0 aliphatic carbocycles. The van der Waals surface area contributed by atoms with Crippen molar-refractivity contribution in [2.45, 2.75) is 39.0 Å². The monoisotopic (exact) mass is 282 g/mol. The minimum atomic E-state index is -3.09. The van der Waals surface area contributed by atoms with Gasteiger partial charge in [0.25, 0.3) is 5.56 Å². The number of hydrogen-bond acceptors (Lipinski definition) is 4. The van der Waals surface area contributed by atoms with Crippen LogP contribution >= 0.6 is 0 Å². The van der Waals surface area contributed by atoms with Gasteiger partial charge in [-0.3, -0.25) is 4.79 Å². The van der Waals surface area contributed by atoms with Crippen molar-refractivity contribution in [3.8, 4) is 6.07 Å². The van der Waals surface area contributed by atoms with Crippen LogP contribution in [0.25, 0.3) is 0 Å². The molecule has 0 aliphatic rings. The Balaban J connectivity index is 2.82. The molecule has 0 saturated heterocycles. The average Bonchev–Trinajstić information content (AvgIpc) is 2.32. The number of pyridine rings is 1. The molecule has 0 spiro atoms. The molecular formula is C13H18N2O3S. The van der Waals surface area contributed by atoms with Crippen LogP contribution in [-0.4, -0.2) is 24.0 Å². The van der Waals surface area contributed by atoms with Gasteiger partial charge in [0, 0.05) is 12.7 Å². The molecule has 0 radical (unpaired) electrons. The third-order valence-corrected chi connectivity index (χ3v) is 5.33. The van der Waals surface area contributed by atoms with E-state index in [4.69, 9.17) is 5.26 Å². The van der Waals surface area contributed by atoms with Gasteiger partial charge in [0.15, 0.2) is 9.84 Å². The molecule has 1 aromatic rings. The van der Waals surface area contributed by atoms with Gasteiger partial charge in [-0.1, -0.05) is 0 Å². The highest BCUT2D eigenvalue weighted by Crippen LogP contribution is 2.05. The second-order valence-electron chi connectivity index (χ2n) is 4.75. The first-order valence-corrected chi connectivity index (χ1v) is 7.83. The van der Waals surface area contributed by atoms with Crippen LogP contribution in [0.1, 0.15) is 31.4 Å². The Kier molecular flexibility index (Phi) is 4.90. The smallest absolute Gasteiger partial charge is 0.268 e. The van der Waals surface area contributed by atoms with Gasteiger partial charge in [-0.05, 0) is 38.8 Å². The Morgan fingerprint density at radius 3 is 2.58 bits per heavy atom. The van der Waals surface area contributed by atoms with E-state index in [9.17, 15) is 13.2 Å². The van der Waals surface area contributed by atoms with E-state index in [1.165, 1.54) is 4.57 Å². The van der Waals surface area contributed by atoms with Gasteiger partial charge in [-0.25, -0.2) is 8.42 Å². The summed E-state index contributed by atoms with van der Waals surface area (Å²) >= 11 is 0. The van der Waals surface area contributed by atoms with Crippen molar-refractivity contribution in [3.63, 3.8) is 0 Å². The van der Waals surface area contributed by atoms with E-state index in [-0.39, 0.29) is 16.9 Å². The topological polar surface area (TPSA) is 79.9 Å². The van der Waals surface area contributed by atoms with E-state index in [1.807, 2.05) is 6.07 Å². The maximum atomic E-state index is 11.9. The van der Waals surface area contributed by atoms with E-state index >= 15 is 0 Å². The summed E-state index contributed by atoms with van der Waals surface area (Å²) in [4.78, 5) is 11.9. The van der Waals surface area contributed by atoms with Crippen molar-refractivity contribution in [1.29, 1.82) is 5.26 Å². The van der Waals surface area contributed by atoms with Gasteiger partial charge < -0.3 is 4.57 Å². The van der Waals surface area contributed by atoms with E-state index in [1.54, 1.807) is 33.0 Å². The van der Waals surface area contributed by atoms with E-state index in [0.29, 0.717) is 18.5 Å². The molecule has 6 heteroatoms. The van der Waals surface area contributed by atoms with Crippen LogP contribution in [0.4, 0.5) is 0 Å². The summed E-state index contributed by atoms with van der Waals surface area (Å²) in [6, 6.07) is 3.57. The van der Waals surface area contributed by atoms with Crippen molar-refractivity contribution in [1.82, 2.24) is 4.57 Å². The fraction of sp³-hybridized carbons (Fsp3) is 0.538. The molecule has 0 aliphatic heterocycles. The van der Waals surface area contributed by atoms with E-state index in [0.717, 1.165) is 0 Å². The van der Waals surface area contributed by atoms with Gasteiger partial charge in [-0.15, -0.1) is 0 Å². The number of hydrogen-bond donors (Lipinski definition) is 0. The molecule has 0 N–H and O–H groups in total. The number of aromatic nitrogens is 1. The standard InChI is InChI=1S/C13H18N2O3S/c1-10(2)19(17,18)8-4-6-15-7-5-11(3)12(9-14)13(15)16/h5,7,10H,4,6,8H2,1-3H3. The van der Waals surface area contributed by atoms with Crippen LogP contribution in [0.15, 0.2) is 17.1 Å². The minimum absolute atomic E-state index is 0.0485. The number of nitrogens with zero attached hydrogens (tertiary/aromatic N) is 2. The summed E-state index contributed by atoms with van der Waals surface area (Å²) < 4.78 is 24.7. The fourth-order valence-electron chi connectivity index (χ4n) is 1.65. The molecule has 0 fully saturated rings. The fourth-order valence-corrected chi connectivity index (χ4v) is 2.65. The summed E-state index contributed by atoms with van der Waals surface area (Å²) in [6.07, 6.45) is 1.97. The summed E-state index contributed by atoms with van der Waals surface area (Å²) in [6.45, 7) is 5.29. The highest BCUT2D eigenvalue weighted by molar-refractivity contribution is 7.91. The first kappa shape index (κ1) is 15.4. The van der Waals surface area contributed by atoms with Gasteiger partial charge in [0.1, 0.15) is 11.6 Å². The molecule has 5 nitrogen and oxygen atoms in total. The molecular weight excluding hydrogens is 264 g/mol. The van der Waals surface area contributed by atoms with Crippen LogP contribution in [-0.2, 0) is 16.4 Å². The quantitative estimate of drug-likeness (QED) is 0.814. The zero-order valence-electron chi connectivity index (χ0n) is 11.4. The number of nitriles is 1. The molecule has 0 aromatic carbocycles. The van der Waals surface area contributed by atoms with Gasteiger partial charge >= 0.3 is 0 Å². The third kappa shape index (κ3) is 3.67. The van der Waals surface area contributed by atoms with E-state index < -0.39 is 15.1 Å². The predicted octanol–water partition coefficient (Wildman–Crippen LogP) is 1.24. The summed E-state index contributed by atoms with van der Waals surface area (Å²) in [5.41, 5.74) is 0.400. The second kappa shape index (κ2) is 6.02. The van der Waals surface area contributed by atoms with Crippen LogP contribution in [0.5, 0.6) is 0 Å². The highest BCUT2D eigenvalue weighted by atomic mass is 32.2. The Morgan fingerprint density at radius 1 is 1.42 bits per heavy atom. The van der Waals surface area contributed by atoms with Crippen LogP contribution in [0, 0.1) is 18.3 Å². The zero-order chi connectivity index (χ0) is 14.6. The number of sulfone groups is 1. The normalized spacial score (nSPS) is 11.5. The minimum Gasteiger partial charge on any atom is -0.314 e. The lowest BCUT2D eigenvalue weighted by atomic mass is 10.2. The Bertz CT molecular complexity index is 651. The third-order valence-electron chi connectivity index (χ3n) is 3.03. The van der Waals surface area contributed by atoms with Gasteiger partial charge in [0.05, 0.1) is 11.0 Å². The van der Waals surface area contributed by atoms with Crippen LogP contribution < -0.4 is 5.56 Å². The molecule has 0 amide bonds. The lowest BCUT2D eigenvalue weighted by molar-refractivity contribution is 0.576. The predicted molar refractivity (Wildman–Crippen MR) is 73.7 cm³/mol. The first-order chi connectivity index (χ1) is 8.79. The molecule has 0 bridgehead atoms. The SMILES string of the molecule is Cc1ccn(CCCS(=O)(=O)C(C)C)c(=O)c1C#N. The lowest BCUT2D eigenvalue weighted by Gasteiger charge is -2.09. The molecule has 0 saturated carbocycles. The van der Waals surface area contributed by atoms with Crippen molar-refractivity contribution in [2.75, 3.05) is 5.75 Å². The molecule has 1 heterocycles.